The largest absolute Gasteiger partial charge is 0.316 e. The third kappa shape index (κ3) is 4.43. The molecule has 8 nitrogen and oxygen atoms in total. The number of rotatable bonds is 5. The Labute approximate surface area is 182 Å². The Hall–Kier alpha value is -3.00. The number of hydrogen-bond donors (Lipinski definition) is 1. The lowest BCUT2D eigenvalue weighted by atomic mass is 10.1. The summed E-state index contributed by atoms with van der Waals surface area (Å²) in [6, 6.07) is 11.1. The SMILES string of the molecule is Cc1cc(C=C(C#N)C(=O)Nc2nc(S(C)(=O)=O)ns2)c(C)n1-c1ccccc1Cl. The molecule has 154 valence electrons. The third-order valence-corrected chi connectivity index (χ3v) is 6.10. The number of hydrogen-bond acceptors (Lipinski definition) is 7. The normalized spacial score (nSPS) is 11.9. The van der Waals surface area contributed by atoms with E-state index >= 15 is 0 Å². The molecule has 0 unspecified atom stereocenters. The molecular formula is C19H16ClN5O3S2. The molecule has 2 aromatic heterocycles. The summed E-state index contributed by atoms with van der Waals surface area (Å²) in [5.74, 6) is -0.712. The number of para-hydroxylation sites is 1. The zero-order valence-corrected chi connectivity index (χ0v) is 18.6. The lowest BCUT2D eigenvalue weighted by molar-refractivity contribution is -0.112. The molecule has 30 heavy (non-hydrogen) atoms. The van der Waals surface area contributed by atoms with Crippen molar-refractivity contribution in [3.63, 3.8) is 0 Å². The highest BCUT2D eigenvalue weighted by Gasteiger charge is 2.18. The fraction of sp³-hybridized carbons (Fsp3) is 0.158. The molecule has 0 radical (unpaired) electrons. The highest BCUT2D eigenvalue weighted by atomic mass is 35.5. The number of nitrogens with one attached hydrogen (secondary N) is 1. The van der Waals surface area contributed by atoms with Gasteiger partial charge < -0.3 is 4.57 Å². The standard InChI is InChI=1S/C19H16ClN5O3S2/c1-11-8-13(12(2)25(11)16-7-5-4-6-15(16)20)9-14(10-21)17(26)22-18-23-19(24-29-18)30(3,27)28/h4-9H,1-3H3,(H,22,23,24,26). The molecule has 0 saturated carbocycles. The van der Waals surface area contributed by atoms with Crippen molar-refractivity contribution >= 4 is 50.1 Å². The van der Waals surface area contributed by atoms with Crippen molar-refractivity contribution in [2.75, 3.05) is 11.6 Å². The van der Waals surface area contributed by atoms with E-state index < -0.39 is 15.7 Å². The van der Waals surface area contributed by atoms with Crippen LogP contribution in [0, 0.1) is 25.2 Å². The predicted molar refractivity (Wildman–Crippen MR) is 115 cm³/mol. The van der Waals surface area contributed by atoms with Gasteiger partial charge in [0.05, 0.1) is 10.7 Å². The second-order valence-corrected chi connectivity index (χ2v) is 9.46. The lowest BCUT2D eigenvalue weighted by Crippen LogP contribution is -2.13. The van der Waals surface area contributed by atoms with E-state index in [0.717, 1.165) is 34.9 Å². The first-order chi connectivity index (χ1) is 14.1. The van der Waals surface area contributed by atoms with Crippen LogP contribution < -0.4 is 5.32 Å². The summed E-state index contributed by atoms with van der Waals surface area (Å²) < 4.78 is 28.6. The van der Waals surface area contributed by atoms with Gasteiger partial charge in [-0.15, -0.1) is 0 Å². The number of sulfone groups is 1. The molecule has 1 aromatic carbocycles. The van der Waals surface area contributed by atoms with Crippen LogP contribution in [0.1, 0.15) is 17.0 Å². The zero-order chi connectivity index (χ0) is 22.1. The summed E-state index contributed by atoms with van der Waals surface area (Å²) in [5, 5.41) is 12.1. The molecule has 0 aliphatic rings. The zero-order valence-electron chi connectivity index (χ0n) is 16.2. The van der Waals surface area contributed by atoms with Gasteiger partial charge in [-0.3, -0.25) is 10.1 Å². The van der Waals surface area contributed by atoms with Crippen LogP contribution in [0.4, 0.5) is 5.13 Å². The minimum Gasteiger partial charge on any atom is -0.316 e. The molecule has 3 aromatic rings. The summed E-state index contributed by atoms with van der Waals surface area (Å²) in [6.45, 7) is 3.76. The van der Waals surface area contributed by atoms with Crippen LogP contribution in [0.2, 0.25) is 5.02 Å². The Morgan fingerprint density at radius 2 is 2.03 bits per heavy atom. The van der Waals surface area contributed by atoms with Crippen LogP contribution in [0.3, 0.4) is 0 Å². The van der Waals surface area contributed by atoms with Crippen LogP contribution in [0.15, 0.2) is 41.1 Å². The van der Waals surface area contributed by atoms with E-state index in [1.54, 1.807) is 6.07 Å². The van der Waals surface area contributed by atoms with E-state index in [1.807, 2.05) is 48.7 Å². The molecule has 11 heteroatoms. The minimum absolute atomic E-state index is 0.0110. The van der Waals surface area contributed by atoms with E-state index in [2.05, 4.69) is 14.7 Å². The van der Waals surface area contributed by atoms with Gasteiger partial charge in [-0.1, -0.05) is 23.7 Å². The van der Waals surface area contributed by atoms with Gasteiger partial charge in [0, 0.05) is 29.2 Å². The van der Waals surface area contributed by atoms with Crippen molar-refractivity contribution in [1.82, 2.24) is 13.9 Å². The molecule has 0 saturated heterocycles. The lowest BCUT2D eigenvalue weighted by Gasteiger charge is -2.11. The average molecular weight is 462 g/mol. The molecule has 0 atom stereocenters. The van der Waals surface area contributed by atoms with Crippen LogP contribution in [0.5, 0.6) is 0 Å². The van der Waals surface area contributed by atoms with E-state index in [4.69, 9.17) is 11.6 Å². The number of aromatic nitrogens is 3. The topological polar surface area (TPSA) is 118 Å². The predicted octanol–water partition coefficient (Wildman–Crippen LogP) is 3.55. The maximum atomic E-state index is 12.5. The van der Waals surface area contributed by atoms with Gasteiger partial charge in [0.15, 0.2) is 0 Å². The summed E-state index contributed by atoms with van der Waals surface area (Å²) in [7, 11) is -3.59. The number of amides is 1. The van der Waals surface area contributed by atoms with Gasteiger partial charge >= 0.3 is 0 Å². The molecule has 0 aliphatic heterocycles. The van der Waals surface area contributed by atoms with Crippen LogP contribution in [0.25, 0.3) is 11.8 Å². The van der Waals surface area contributed by atoms with Gasteiger partial charge in [0.2, 0.25) is 15.0 Å². The highest BCUT2D eigenvalue weighted by Crippen LogP contribution is 2.27. The Morgan fingerprint density at radius 1 is 1.33 bits per heavy atom. The third-order valence-electron chi connectivity index (χ3n) is 4.19. The van der Waals surface area contributed by atoms with E-state index in [0.29, 0.717) is 10.6 Å². The monoisotopic (exact) mass is 461 g/mol. The fourth-order valence-electron chi connectivity index (χ4n) is 2.82. The summed E-state index contributed by atoms with van der Waals surface area (Å²) in [4.78, 5) is 16.3. The van der Waals surface area contributed by atoms with Crippen LogP contribution in [-0.4, -0.2) is 34.5 Å². The van der Waals surface area contributed by atoms with Crippen LogP contribution >= 0.6 is 23.1 Å². The fourth-order valence-corrected chi connectivity index (χ4v) is 4.48. The van der Waals surface area contributed by atoms with E-state index in [-0.39, 0.29) is 15.9 Å². The van der Waals surface area contributed by atoms with E-state index in [1.165, 1.54) is 6.08 Å². The smallest absolute Gasteiger partial charge is 0.268 e. The summed E-state index contributed by atoms with van der Waals surface area (Å²) >= 11 is 7.03. The number of carbonyl (C=O) groups excluding carboxylic acids is 1. The molecular weight excluding hydrogens is 446 g/mol. The van der Waals surface area contributed by atoms with Crippen molar-refractivity contribution in [1.29, 1.82) is 5.26 Å². The first-order valence-corrected chi connectivity index (χ1v) is 11.6. The van der Waals surface area contributed by atoms with Crippen LogP contribution in [-0.2, 0) is 14.6 Å². The summed E-state index contributed by atoms with van der Waals surface area (Å²) in [6.07, 6.45) is 2.43. The maximum absolute atomic E-state index is 12.5. The number of halogens is 1. The van der Waals surface area contributed by atoms with Gasteiger partial charge in [-0.25, -0.2) is 8.42 Å². The van der Waals surface area contributed by atoms with Crippen molar-refractivity contribution in [2.24, 2.45) is 0 Å². The highest BCUT2D eigenvalue weighted by molar-refractivity contribution is 7.90. The molecule has 0 spiro atoms. The molecule has 1 amide bonds. The van der Waals surface area contributed by atoms with Gasteiger partial charge in [0.1, 0.15) is 11.6 Å². The minimum atomic E-state index is -3.59. The first kappa shape index (κ1) is 21.7. The number of anilines is 1. The molecule has 0 aliphatic carbocycles. The van der Waals surface area contributed by atoms with Crippen molar-refractivity contribution in [3.05, 3.63) is 57.9 Å². The number of nitrogens with zero attached hydrogens (tertiary/aromatic N) is 4. The Kier molecular flexibility index (Phi) is 6.07. The molecule has 0 bridgehead atoms. The Bertz CT molecular complexity index is 1320. The second-order valence-electron chi connectivity index (χ2n) is 6.39. The Morgan fingerprint density at radius 3 is 2.63 bits per heavy atom. The van der Waals surface area contributed by atoms with Crippen molar-refractivity contribution in [3.8, 4) is 11.8 Å². The molecule has 0 fully saturated rings. The number of carbonyl (C=O) groups is 1. The van der Waals surface area contributed by atoms with Gasteiger partial charge in [-0.05, 0) is 43.7 Å². The maximum Gasteiger partial charge on any atom is 0.268 e. The van der Waals surface area contributed by atoms with Gasteiger partial charge in [0.25, 0.3) is 11.1 Å². The molecule has 1 N–H and O–H groups in total. The average Bonchev–Trinajstić information content (AvgIpc) is 3.25. The Balaban J connectivity index is 1.92. The second kappa shape index (κ2) is 8.39. The number of benzene rings is 1. The summed E-state index contributed by atoms with van der Waals surface area (Å²) in [5.41, 5.74) is 2.99. The molecule has 2 heterocycles. The van der Waals surface area contributed by atoms with Crippen molar-refractivity contribution < 1.29 is 13.2 Å². The van der Waals surface area contributed by atoms with Crippen molar-refractivity contribution in [2.45, 2.75) is 19.0 Å². The number of aryl methyl sites for hydroxylation is 1. The quantitative estimate of drug-likeness (QED) is 0.458. The van der Waals surface area contributed by atoms with E-state index in [9.17, 15) is 18.5 Å². The van der Waals surface area contributed by atoms with Gasteiger partial charge in [-0.2, -0.15) is 14.6 Å². The first-order valence-electron chi connectivity index (χ1n) is 8.52. The molecule has 3 rings (SSSR count). The number of nitriles is 1.